The van der Waals surface area contributed by atoms with E-state index in [4.69, 9.17) is 37.4 Å². The molecule has 12 heteroatoms. The standard InChI is InChI=1S/C30H33BrCl2F3NO5/c1-29(18-38,19-39)37-16-20-9-10-22(15-26(20)41-14-11-30(34,35)36)42-17-21-5-2-6-23(27(21)32)24-7-3-8-25(28(24)33)40-13-4-12-31/h2-3,5-10,15,37-39H,4,11-14,16-19H2,1H3. The number of nitrogens with one attached hydrogen (secondary N) is 1. The van der Waals surface area contributed by atoms with Crippen LogP contribution in [0.2, 0.25) is 10.0 Å². The number of benzene rings is 3. The van der Waals surface area contributed by atoms with Gasteiger partial charge in [0.15, 0.2) is 0 Å². The van der Waals surface area contributed by atoms with Crippen molar-refractivity contribution in [3.8, 4) is 28.4 Å². The number of rotatable bonds is 16. The Hall–Kier alpha value is -2.21. The van der Waals surface area contributed by atoms with Gasteiger partial charge in [0.05, 0.1) is 48.4 Å². The van der Waals surface area contributed by atoms with Gasteiger partial charge < -0.3 is 29.7 Å². The zero-order chi connectivity index (χ0) is 30.8. The Morgan fingerprint density at radius 2 is 1.50 bits per heavy atom. The zero-order valence-corrected chi connectivity index (χ0v) is 26.0. The second kappa shape index (κ2) is 16.0. The van der Waals surface area contributed by atoms with Gasteiger partial charge in [-0.05, 0) is 25.5 Å². The first-order chi connectivity index (χ1) is 20.0. The summed E-state index contributed by atoms with van der Waals surface area (Å²) in [6, 6.07) is 15.8. The van der Waals surface area contributed by atoms with Crippen molar-refractivity contribution in [1.29, 1.82) is 0 Å². The van der Waals surface area contributed by atoms with Gasteiger partial charge in [-0.3, -0.25) is 0 Å². The highest BCUT2D eigenvalue weighted by Crippen LogP contribution is 2.40. The lowest BCUT2D eigenvalue weighted by atomic mass is 10.0. The molecule has 230 valence electrons. The number of hydrogen-bond acceptors (Lipinski definition) is 6. The van der Waals surface area contributed by atoms with Gasteiger partial charge in [-0.25, -0.2) is 0 Å². The number of aliphatic hydroxyl groups excluding tert-OH is 2. The van der Waals surface area contributed by atoms with Crippen molar-refractivity contribution < 1.29 is 37.6 Å². The summed E-state index contributed by atoms with van der Waals surface area (Å²) in [6.45, 7) is 1.07. The highest BCUT2D eigenvalue weighted by atomic mass is 79.9. The average molecular weight is 695 g/mol. The van der Waals surface area contributed by atoms with Crippen LogP contribution >= 0.6 is 39.1 Å². The quantitative estimate of drug-likeness (QED) is 0.106. The predicted molar refractivity (Wildman–Crippen MR) is 162 cm³/mol. The van der Waals surface area contributed by atoms with Gasteiger partial charge in [0.1, 0.15) is 23.9 Å². The van der Waals surface area contributed by atoms with Crippen molar-refractivity contribution in [3.63, 3.8) is 0 Å². The van der Waals surface area contributed by atoms with E-state index in [1.807, 2.05) is 24.3 Å². The van der Waals surface area contributed by atoms with Crippen LogP contribution in [-0.2, 0) is 13.2 Å². The Balaban J connectivity index is 1.80. The number of ether oxygens (including phenoxy) is 3. The van der Waals surface area contributed by atoms with Crippen molar-refractivity contribution in [3.05, 3.63) is 75.8 Å². The molecular weight excluding hydrogens is 662 g/mol. The van der Waals surface area contributed by atoms with Gasteiger partial charge >= 0.3 is 6.18 Å². The number of alkyl halides is 4. The summed E-state index contributed by atoms with van der Waals surface area (Å²) in [5.74, 6) is 1.10. The van der Waals surface area contributed by atoms with Gasteiger partial charge in [0.25, 0.3) is 0 Å². The highest BCUT2D eigenvalue weighted by Gasteiger charge is 2.27. The van der Waals surface area contributed by atoms with Gasteiger partial charge in [-0.1, -0.05) is 75.5 Å². The normalized spacial score (nSPS) is 11.9. The van der Waals surface area contributed by atoms with E-state index in [1.165, 1.54) is 6.07 Å². The fourth-order valence-electron chi connectivity index (χ4n) is 3.78. The summed E-state index contributed by atoms with van der Waals surface area (Å²) < 4.78 is 55.5. The van der Waals surface area contributed by atoms with E-state index in [-0.39, 0.29) is 32.1 Å². The first-order valence-electron chi connectivity index (χ1n) is 13.2. The topological polar surface area (TPSA) is 80.2 Å². The summed E-state index contributed by atoms with van der Waals surface area (Å²) >= 11 is 16.8. The SMILES string of the molecule is CC(CO)(CO)NCc1ccc(OCc2cccc(-c3cccc(OCCCBr)c3Cl)c2Cl)cc1OCCC(F)(F)F. The Labute approximate surface area is 261 Å². The van der Waals surface area contributed by atoms with Gasteiger partial charge in [0, 0.05) is 40.2 Å². The third kappa shape index (κ3) is 9.92. The minimum atomic E-state index is -4.37. The first kappa shape index (κ1) is 34.3. The number of halogens is 6. The fourth-order valence-corrected chi connectivity index (χ4v) is 4.57. The lowest BCUT2D eigenvalue weighted by Crippen LogP contribution is -2.48. The molecule has 0 saturated heterocycles. The molecule has 0 unspecified atom stereocenters. The van der Waals surface area contributed by atoms with Crippen LogP contribution in [0.25, 0.3) is 11.1 Å². The van der Waals surface area contributed by atoms with E-state index in [0.717, 1.165) is 11.8 Å². The van der Waals surface area contributed by atoms with Gasteiger partial charge in [-0.2, -0.15) is 13.2 Å². The molecule has 3 rings (SSSR count). The van der Waals surface area contributed by atoms with E-state index in [1.54, 1.807) is 31.2 Å². The van der Waals surface area contributed by atoms with Crippen LogP contribution < -0.4 is 19.5 Å². The van der Waals surface area contributed by atoms with Crippen molar-refractivity contribution in [2.45, 2.75) is 44.6 Å². The van der Waals surface area contributed by atoms with Gasteiger partial charge in [0.2, 0.25) is 0 Å². The Morgan fingerprint density at radius 3 is 2.17 bits per heavy atom. The Kier molecular flexibility index (Phi) is 13.1. The largest absolute Gasteiger partial charge is 0.493 e. The van der Waals surface area contributed by atoms with E-state index < -0.39 is 24.7 Å². The third-order valence-electron chi connectivity index (χ3n) is 6.35. The highest BCUT2D eigenvalue weighted by molar-refractivity contribution is 9.09. The van der Waals surface area contributed by atoms with Crippen LogP contribution in [0.5, 0.6) is 17.2 Å². The second-order valence-corrected chi connectivity index (χ2v) is 11.3. The molecule has 3 aromatic carbocycles. The molecule has 3 aromatic rings. The van der Waals surface area contributed by atoms with Crippen LogP contribution in [0.1, 0.15) is 30.9 Å². The molecule has 0 aliphatic heterocycles. The molecule has 0 aromatic heterocycles. The molecule has 0 atom stereocenters. The molecule has 42 heavy (non-hydrogen) atoms. The summed E-state index contributed by atoms with van der Waals surface area (Å²) in [4.78, 5) is 0. The summed E-state index contributed by atoms with van der Waals surface area (Å²) in [5, 5.41) is 23.8. The Morgan fingerprint density at radius 1 is 0.833 bits per heavy atom. The molecule has 0 aliphatic carbocycles. The maximum absolute atomic E-state index is 12.8. The van der Waals surface area contributed by atoms with E-state index >= 15 is 0 Å². The van der Waals surface area contributed by atoms with Crippen LogP contribution in [0.15, 0.2) is 54.6 Å². The van der Waals surface area contributed by atoms with Crippen LogP contribution in [0, 0.1) is 0 Å². The van der Waals surface area contributed by atoms with Crippen molar-refractivity contribution >= 4 is 39.1 Å². The van der Waals surface area contributed by atoms with Crippen molar-refractivity contribution in [1.82, 2.24) is 5.32 Å². The predicted octanol–water partition coefficient (Wildman–Crippen LogP) is 7.57. The smallest absolute Gasteiger partial charge is 0.392 e. The molecule has 0 radical (unpaired) electrons. The van der Waals surface area contributed by atoms with Crippen LogP contribution in [0.3, 0.4) is 0 Å². The fraction of sp³-hybridized carbons (Fsp3) is 0.400. The molecule has 0 aliphatic rings. The van der Waals surface area contributed by atoms with E-state index in [0.29, 0.717) is 50.4 Å². The average Bonchev–Trinajstić information content (AvgIpc) is 2.96. The lowest BCUT2D eigenvalue weighted by Gasteiger charge is -2.27. The monoisotopic (exact) mass is 693 g/mol. The van der Waals surface area contributed by atoms with Crippen molar-refractivity contribution in [2.75, 3.05) is 31.8 Å². The molecule has 6 nitrogen and oxygen atoms in total. The molecule has 0 spiro atoms. The van der Waals surface area contributed by atoms with E-state index in [2.05, 4.69) is 21.2 Å². The molecule has 0 amide bonds. The first-order valence-corrected chi connectivity index (χ1v) is 15.0. The van der Waals surface area contributed by atoms with Gasteiger partial charge in [-0.15, -0.1) is 0 Å². The maximum atomic E-state index is 12.8. The molecule has 0 saturated carbocycles. The molecule has 3 N–H and O–H groups in total. The van der Waals surface area contributed by atoms with Crippen LogP contribution in [-0.4, -0.2) is 53.7 Å². The third-order valence-corrected chi connectivity index (χ3v) is 7.74. The second-order valence-electron chi connectivity index (χ2n) is 9.79. The summed E-state index contributed by atoms with van der Waals surface area (Å²) in [7, 11) is 0. The minimum absolute atomic E-state index is 0.0679. The Bertz CT molecular complexity index is 1310. The number of aliphatic hydroxyl groups is 2. The lowest BCUT2D eigenvalue weighted by molar-refractivity contribution is -0.139. The molecule has 0 bridgehead atoms. The molecular formula is C30H33BrCl2F3NO5. The van der Waals surface area contributed by atoms with Crippen molar-refractivity contribution in [2.24, 2.45) is 0 Å². The molecule has 0 fully saturated rings. The number of hydrogen-bond donors (Lipinski definition) is 3. The maximum Gasteiger partial charge on any atom is 0.392 e. The summed E-state index contributed by atoms with van der Waals surface area (Å²) in [6.07, 6.45) is -4.67. The van der Waals surface area contributed by atoms with E-state index in [9.17, 15) is 23.4 Å². The summed E-state index contributed by atoms with van der Waals surface area (Å²) in [5.41, 5.74) is 1.62. The molecule has 0 heterocycles. The van der Waals surface area contributed by atoms with Crippen LogP contribution in [0.4, 0.5) is 13.2 Å². The minimum Gasteiger partial charge on any atom is -0.493 e. The zero-order valence-electron chi connectivity index (χ0n) is 22.9.